The van der Waals surface area contributed by atoms with E-state index < -0.39 is 0 Å². The van der Waals surface area contributed by atoms with Crippen LogP contribution in [0.25, 0.3) is 11.2 Å². The molecule has 2 aliphatic rings. The molecule has 1 amide bonds. The Bertz CT molecular complexity index is 1130. The van der Waals surface area contributed by atoms with E-state index in [0.717, 1.165) is 44.2 Å². The number of hydrogen-bond donors (Lipinski definition) is 3. The van der Waals surface area contributed by atoms with Gasteiger partial charge in [-0.3, -0.25) is 9.36 Å². The molecule has 2 fully saturated rings. The van der Waals surface area contributed by atoms with Crippen molar-refractivity contribution in [1.82, 2.24) is 19.5 Å². The summed E-state index contributed by atoms with van der Waals surface area (Å²) in [6.45, 7) is 0. The van der Waals surface area contributed by atoms with Crippen LogP contribution in [0.15, 0.2) is 24.4 Å². The number of nitrogens with two attached hydrogens (primary N) is 1. The molecule has 5 rings (SSSR count). The fraction of sp³-hybridized carbons (Fsp3) is 0.455. The minimum absolute atomic E-state index is 0.0825. The lowest BCUT2D eigenvalue weighted by atomic mass is 9.85. The lowest BCUT2D eigenvalue weighted by Crippen LogP contribution is -2.29. The third-order valence-electron chi connectivity index (χ3n) is 6.53. The van der Waals surface area contributed by atoms with Crippen LogP contribution >= 0.6 is 23.2 Å². The largest absolute Gasteiger partial charge is 0.369 e. The van der Waals surface area contributed by atoms with Crippen molar-refractivity contribution in [2.24, 2.45) is 11.7 Å². The molecule has 0 bridgehead atoms. The Morgan fingerprint density at radius 2 is 1.78 bits per heavy atom. The maximum absolute atomic E-state index is 11.7. The average molecular weight is 474 g/mol. The number of halogens is 2. The third-order valence-corrected chi connectivity index (χ3v) is 7.16. The number of imidazole rings is 1. The highest BCUT2D eigenvalue weighted by atomic mass is 35.5. The number of rotatable bonds is 6. The first-order valence-electron chi connectivity index (χ1n) is 11.0. The molecule has 0 radical (unpaired) electrons. The fourth-order valence-corrected chi connectivity index (χ4v) is 4.97. The number of aromatic nitrogens is 4. The van der Waals surface area contributed by atoms with Crippen molar-refractivity contribution in [3.05, 3.63) is 34.4 Å². The summed E-state index contributed by atoms with van der Waals surface area (Å²) in [6.07, 6.45) is 8.33. The number of nitrogens with zero attached hydrogens (tertiary/aromatic N) is 4. The summed E-state index contributed by atoms with van der Waals surface area (Å²) >= 11 is 12.8. The van der Waals surface area contributed by atoms with Crippen LogP contribution in [0, 0.1) is 5.92 Å². The molecule has 0 unspecified atom stereocenters. The molecule has 4 N–H and O–H groups in total. The van der Waals surface area contributed by atoms with Gasteiger partial charge in [0, 0.05) is 18.0 Å². The van der Waals surface area contributed by atoms with Crippen molar-refractivity contribution < 1.29 is 4.79 Å². The summed E-state index contributed by atoms with van der Waals surface area (Å²) in [5, 5.41) is 7.75. The molecule has 8 nitrogen and oxygen atoms in total. The molecule has 32 heavy (non-hydrogen) atoms. The van der Waals surface area contributed by atoms with Gasteiger partial charge in [0.05, 0.1) is 21.9 Å². The van der Waals surface area contributed by atoms with Gasteiger partial charge in [0.15, 0.2) is 5.65 Å². The molecule has 2 aromatic heterocycles. The molecule has 2 saturated carbocycles. The first-order valence-corrected chi connectivity index (χ1v) is 11.8. The summed E-state index contributed by atoms with van der Waals surface area (Å²) in [5.41, 5.74) is 7.57. The lowest BCUT2D eigenvalue weighted by Gasteiger charge is -2.29. The highest BCUT2D eigenvalue weighted by molar-refractivity contribution is 6.39. The average Bonchev–Trinajstić information content (AvgIpc) is 3.11. The van der Waals surface area contributed by atoms with Crippen molar-refractivity contribution >= 4 is 57.9 Å². The Morgan fingerprint density at radius 3 is 2.41 bits per heavy atom. The molecular weight excluding hydrogens is 449 g/mol. The normalized spacial score (nSPS) is 21.3. The third kappa shape index (κ3) is 4.09. The van der Waals surface area contributed by atoms with E-state index in [2.05, 4.69) is 20.2 Å². The van der Waals surface area contributed by atoms with E-state index in [-0.39, 0.29) is 17.9 Å². The van der Waals surface area contributed by atoms with Gasteiger partial charge in [-0.25, -0.2) is 9.97 Å². The van der Waals surface area contributed by atoms with Gasteiger partial charge in [0.2, 0.25) is 17.8 Å². The van der Waals surface area contributed by atoms with E-state index in [9.17, 15) is 4.79 Å². The predicted octanol–water partition coefficient (Wildman–Crippen LogP) is 5.06. The second kappa shape index (κ2) is 8.75. The Hall–Kier alpha value is -2.58. The number of para-hydroxylation sites is 1. The second-order valence-corrected chi connectivity index (χ2v) is 9.42. The van der Waals surface area contributed by atoms with Crippen molar-refractivity contribution in [3.8, 4) is 0 Å². The number of carbonyl (C=O) groups excluding carboxylic acids is 1. The van der Waals surface area contributed by atoms with Gasteiger partial charge >= 0.3 is 0 Å². The topological polar surface area (TPSA) is 111 Å². The van der Waals surface area contributed by atoms with E-state index in [1.165, 1.54) is 6.42 Å². The molecule has 0 spiro atoms. The maximum atomic E-state index is 11.7. The number of benzene rings is 1. The Balaban J connectivity index is 1.54. The summed E-state index contributed by atoms with van der Waals surface area (Å²) in [6, 6.07) is 5.90. The maximum Gasteiger partial charge on any atom is 0.224 e. The molecule has 2 aliphatic carbocycles. The van der Waals surface area contributed by atoms with Gasteiger partial charge in [-0.2, -0.15) is 4.98 Å². The number of carbonyl (C=O) groups is 1. The van der Waals surface area contributed by atoms with Crippen LogP contribution in [0.4, 0.5) is 17.6 Å². The van der Waals surface area contributed by atoms with Crippen molar-refractivity contribution in [1.29, 1.82) is 0 Å². The number of nitrogens with one attached hydrogen (secondary N) is 2. The molecule has 3 aromatic rings. The number of amides is 1. The molecule has 10 heteroatoms. The zero-order valence-corrected chi connectivity index (χ0v) is 19.0. The first kappa shape index (κ1) is 21.3. The Kier molecular flexibility index (Phi) is 5.82. The molecule has 0 atom stereocenters. The zero-order chi connectivity index (χ0) is 22.2. The minimum Gasteiger partial charge on any atom is -0.369 e. The standard InChI is InChI=1S/C22H25Cl2N7O/c23-15-5-2-6-16(24)18(15)29-22-28-17-11-26-21(27-13-3-1-4-13)30-20(17)31(22)14-9-7-12(8-10-14)19(25)32/h2,5-6,11-14H,1,3-4,7-10H2,(H2,25,32)(H,28,29)(H,26,27,30)/t12-,14+. The van der Waals surface area contributed by atoms with Crippen LogP contribution in [-0.4, -0.2) is 31.5 Å². The first-order chi connectivity index (χ1) is 15.5. The van der Waals surface area contributed by atoms with Crippen LogP contribution in [0.1, 0.15) is 51.0 Å². The number of anilines is 3. The van der Waals surface area contributed by atoms with Gasteiger partial charge in [-0.15, -0.1) is 0 Å². The highest BCUT2D eigenvalue weighted by Gasteiger charge is 2.29. The predicted molar refractivity (Wildman–Crippen MR) is 127 cm³/mol. The number of primary amides is 1. The van der Waals surface area contributed by atoms with Crippen molar-refractivity contribution in [2.75, 3.05) is 10.6 Å². The quantitative estimate of drug-likeness (QED) is 0.461. The minimum atomic E-state index is -0.227. The zero-order valence-electron chi connectivity index (χ0n) is 17.5. The highest BCUT2D eigenvalue weighted by Crippen LogP contribution is 2.39. The molecule has 2 heterocycles. The van der Waals surface area contributed by atoms with E-state index in [1.54, 1.807) is 24.4 Å². The molecule has 1 aromatic carbocycles. The van der Waals surface area contributed by atoms with Gasteiger partial charge in [-0.05, 0) is 57.1 Å². The Morgan fingerprint density at radius 1 is 1.06 bits per heavy atom. The van der Waals surface area contributed by atoms with E-state index in [4.69, 9.17) is 38.9 Å². The monoisotopic (exact) mass is 473 g/mol. The number of hydrogen-bond acceptors (Lipinski definition) is 6. The molecular formula is C22H25Cl2N7O. The fourth-order valence-electron chi connectivity index (χ4n) is 4.48. The van der Waals surface area contributed by atoms with Gasteiger partial charge < -0.3 is 16.4 Å². The molecule has 0 saturated heterocycles. The van der Waals surface area contributed by atoms with Crippen molar-refractivity contribution in [2.45, 2.75) is 57.0 Å². The van der Waals surface area contributed by atoms with Crippen LogP contribution in [-0.2, 0) is 4.79 Å². The van der Waals surface area contributed by atoms with Crippen LogP contribution in [0.3, 0.4) is 0 Å². The smallest absolute Gasteiger partial charge is 0.224 e. The van der Waals surface area contributed by atoms with Crippen LogP contribution in [0.2, 0.25) is 10.0 Å². The molecule has 0 aliphatic heterocycles. The SMILES string of the molecule is NC(=O)[C@H]1CC[C@@H](n2c(Nc3c(Cl)cccc3Cl)nc3cnc(NC4CCC4)nc32)CC1. The van der Waals surface area contributed by atoms with Gasteiger partial charge in [0.25, 0.3) is 0 Å². The lowest BCUT2D eigenvalue weighted by molar-refractivity contribution is -0.122. The van der Waals surface area contributed by atoms with Gasteiger partial charge in [-0.1, -0.05) is 29.3 Å². The summed E-state index contributed by atoms with van der Waals surface area (Å²) in [7, 11) is 0. The van der Waals surface area contributed by atoms with E-state index in [1.807, 2.05) is 0 Å². The van der Waals surface area contributed by atoms with E-state index >= 15 is 0 Å². The van der Waals surface area contributed by atoms with Crippen LogP contribution < -0.4 is 16.4 Å². The van der Waals surface area contributed by atoms with Crippen LogP contribution in [0.5, 0.6) is 0 Å². The summed E-state index contributed by atoms with van der Waals surface area (Å²) < 4.78 is 2.10. The second-order valence-electron chi connectivity index (χ2n) is 8.61. The number of fused-ring (bicyclic) bond motifs is 1. The summed E-state index contributed by atoms with van der Waals surface area (Å²) in [5.74, 6) is 0.902. The van der Waals surface area contributed by atoms with Gasteiger partial charge in [0.1, 0.15) is 5.52 Å². The molecule has 168 valence electrons. The van der Waals surface area contributed by atoms with Crippen molar-refractivity contribution in [3.63, 3.8) is 0 Å². The Labute approximate surface area is 195 Å². The summed E-state index contributed by atoms with van der Waals surface area (Å²) in [4.78, 5) is 25.7. The van der Waals surface area contributed by atoms with E-state index in [0.29, 0.717) is 39.2 Å².